The SMILES string of the molecule is CCN(C1CCCC1)[Si](OC)(OC)N(CC)C1CCCC1. The average molecular weight is 315 g/mol. The Bertz CT molecular complexity index is 275. The number of nitrogens with zero attached hydrogens (tertiary/aromatic N) is 2. The lowest BCUT2D eigenvalue weighted by Crippen LogP contribution is -2.72. The molecular formula is C16H34N2O2Si. The zero-order chi connectivity index (χ0) is 15.3. The summed E-state index contributed by atoms with van der Waals surface area (Å²) in [6, 6.07) is 1.30. The molecule has 0 atom stereocenters. The van der Waals surface area contributed by atoms with Crippen molar-refractivity contribution < 1.29 is 8.85 Å². The third-order valence-corrected chi connectivity index (χ3v) is 9.35. The van der Waals surface area contributed by atoms with Gasteiger partial charge in [0.25, 0.3) is 0 Å². The molecule has 0 radical (unpaired) electrons. The maximum atomic E-state index is 6.19. The zero-order valence-electron chi connectivity index (χ0n) is 14.4. The van der Waals surface area contributed by atoms with Crippen molar-refractivity contribution in [3.05, 3.63) is 0 Å². The van der Waals surface area contributed by atoms with Gasteiger partial charge in [0.1, 0.15) is 0 Å². The maximum Gasteiger partial charge on any atom is 0.522 e. The second-order valence-corrected chi connectivity index (χ2v) is 9.47. The first-order valence-corrected chi connectivity index (χ1v) is 10.6. The summed E-state index contributed by atoms with van der Waals surface area (Å²) in [5.74, 6) is 0. The van der Waals surface area contributed by atoms with Crippen LogP contribution in [0.15, 0.2) is 0 Å². The Hall–Kier alpha value is 0.0569. The van der Waals surface area contributed by atoms with E-state index >= 15 is 0 Å². The van der Waals surface area contributed by atoms with Gasteiger partial charge >= 0.3 is 8.88 Å². The third kappa shape index (κ3) is 3.37. The summed E-state index contributed by atoms with van der Waals surface area (Å²) in [4.78, 5) is 0. The molecule has 0 N–H and O–H groups in total. The van der Waals surface area contributed by atoms with E-state index in [1.54, 1.807) is 0 Å². The molecular weight excluding hydrogens is 280 g/mol. The van der Waals surface area contributed by atoms with Crippen LogP contribution in [-0.2, 0) is 8.85 Å². The Kier molecular flexibility index (Phi) is 6.68. The normalized spacial score (nSPS) is 22.0. The zero-order valence-corrected chi connectivity index (χ0v) is 15.4. The molecule has 0 aliphatic heterocycles. The van der Waals surface area contributed by atoms with E-state index in [-0.39, 0.29) is 0 Å². The minimum Gasteiger partial charge on any atom is -0.374 e. The van der Waals surface area contributed by atoms with Crippen molar-refractivity contribution in [3.63, 3.8) is 0 Å². The molecule has 2 saturated carbocycles. The molecule has 0 spiro atoms. The van der Waals surface area contributed by atoms with Crippen molar-refractivity contribution in [1.29, 1.82) is 0 Å². The molecule has 21 heavy (non-hydrogen) atoms. The molecule has 5 heteroatoms. The Labute approximate surface area is 132 Å². The van der Waals surface area contributed by atoms with Gasteiger partial charge in [-0.2, -0.15) is 0 Å². The van der Waals surface area contributed by atoms with Crippen LogP contribution in [0.4, 0.5) is 0 Å². The van der Waals surface area contributed by atoms with Crippen molar-refractivity contribution in [2.75, 3.05) is 27.3 Å². The largest absolute Gasteiger partial charge is 0.522 e. The van der Waals surface area contributed by atoms with E-state index in [0.717, 1.165) is 13.1 Å². The Balaban J connectivity index is 2.26. The fourth-order valence-electron chi connectivity index (χ4n) is 4.53. The van der Waals surface area contributed by atoms with Gasteiger partial charge in [-0.05, 0) is 38.8 Å². The molecule has 0 aromatic carbocycles. The summed E-state index contributed by atoms with van der Waals surface area (Å²) >= 11 is 0. The fourth-order valence-corrected chi connectivity index (χ4v) is 8.20. The van der Waals surface area contributed by atoms with E-state index in [4.69, 9.17) is 8.85 Å². The number of hydrogen-bond acceptors (Lipinski definition) is 4. The van der Waals surface area contributed by atoms with Gasteiger partial charge in [0.2, 0.25) is 0 Å². The van der Waals surface area contributed by atoms with Gasteiger partial charge < -0.3 is 8.85 Å². The molecule has 2 aliphatic carbocycles. The summed E-state index contributed by atoms with van der Waals surface area (Å²) in [5.41, 5.74) is 0. The highest BCUT2D eigenvalue weighted by Gasteiger charge is 2.54. The van der Waals surface area contributed by atoms with E-state index in [9.17, 15) is 0 Å². The van der Waals surface area contributed by atoms with Crippen LogP contribution in [-0.4, -0.2) is 57.4 Å². The average Bonchev–Trinajstić information content (AvgIpc) is 3.20. The van der Waals surface area contributed by atoms with Crippen LogP contribution in [0.3, 0.4) is 0 Å². The van der Waals surface area contributed by atoms with E-state index in [1.807, 2.05) is 14.2 Å². The molecule has 0 unspecified atom stereocenters. The fraction of sp³-hybridized carbons (Fsp3) is 1.00. The topological polar surface area (TPSA) is 24.9 Å². The van der Waals surface area contributed by atoms with Crippen molar-refractivity contribution in [3.8, 4) is 0 Å². The van der Waals surface area contributed by atoms with Crippen LogP contribution in [0.25, 0.3) is 0 Å². The standard InChI is InChI=1S/C16H34N2O2Si/c1-5-17(15-11-7-8-12-15)21(19-3,20-4)18(6-2)16-13-9-10-14-16/h15-16H,5-14H2,1-4H3. The summed E-state index contributed by atoms with van der Waals surface area (Å²) in [5, 5.41) is 0. The van der Waals surface area contributed by atoms with E-state index < -0.39 is 8.88 Å². The lowest BCUT2D eigenvalue weighted by atomic mass is 10.2. The van der Waals surface area contributed by atoms with Crippen molar-refractivity contribution in [1.82, 2.24) is 9.13 Å². The minimum absolute atomic E-state index is 0.650. The first-order valence-electron chi connectivity index (χ1n) is 8.87. The Morgan fingerprint density at radius 1 is 0.762 bits per heavy atom. The van der Waals surface area contributed by atoms with Gasteiger partial charge in [0.05, 0.1) is 0 Å². The molecule has 0 aromatic rings. The highest BCUT2D eigenvalue weighted by molar-refractivity contribution is 6.61. The summed E-state index contributed by atoms with van der Waals surface area (Å²) < 4.78 is 17.6. The smallest absolute Gasteiger partial charge is 0.374 e. The molecule has 2 rings (SSSR count). The van der Waals surface area contributed by atoms with Crippen LogP contribution in [0.2, 0.25) is 0 Å². The quantitative estimate of drug-likeness (QED) is 0.642. The van der Waals surface area contributed by atoms with Crippen molar-refractivity contribution >= 4 is 8.88 Å². The van der Waals surface area contributed by atoms with Crippen LogP contribution in [0, 0.1) is 0 Å². The van der Waals surface area contributed by atoms with E-state index in [1.165, 1.54) is 51.4 Å². The first-order chi connectivity index (χ1) is 10.2. The lowest BCUT2D eigenvalue weighted by molar-refractivity contribution is 0.0637. The minimum atomic E-state index is -2.47. The third-order valence-electron chi connectivity index (χ3n) is 5.47. The van der Waals surface area contributed by atoms with Gasteiger partial charge in [-0.15, -0.1) is 0 Å². The van der Waals surface area contributed by atoms with Gasteiger partial charge in [-0.25, -0.2) is 0 Å². The molecule has 2 fully saturated rings. The highest BCUT2D eigenvalue weighted by Crippen LogP contribution is 2.34. The van der Waals surface area contributed by atoms with Crippen LogP contribution in [0.1, 0.15) is 65.2 Å². The van der Waals surface area contributed by atoms with Crippen LogP contribution >= 0.6 is 0 Å². The summed E-state index contributed by atoms with van der Waals surface area (Å²) in [7, 11) is 1.27. The predicted octanol–water partition coefficient (Wildman–Crippen LogP) is 3.24. The second kappa shape index (κ2) is 8.06. The monoisotopic (exact) mass is 314 g/mol. The van der Waals surface area contributed by atoms with E-state index in [2.05, 4.69) is 23.0 Å². The number of hydrogen-bond donors (Lipinski definition) is 0. The van der Waals surface area contributed by atoms with E-state index in [0.29, 0.717) is 12.1 Å². The molecule has 0 bridgehead atoms. The summed E-state index contributed by atoms with van der Waals surface area (Å²) in [6.45, 7) is 6.59. The lowest BCUT2D eigenvalue weighted by Gasteiger charge is -2.48. The first kappa shape index (κ1) is 17.4. The maximum absolute atomic E-state index is 6.19. The Morgan fingerprint density at radius 3 is 1.33 bits per heavy atom. The van der Waals surface area contributed by atoms with Gasteiger partial charge in [0, 0.05) is 26.3 Å². The number of rotatable bonds is 8. The summed E-state index contributed by atoms with van der Waals surface area (Å²) in [6.07, 6.45) is 10.6. The molecule has 0 saturated heterocycles. The molecule has 0 amide bonds. The molecule has 0 heterocycles. The second-order valence-electron chi connectivity index (χ2n) is 6.41. The van der Waals surface area contributed by atoms with Gasteiger partial charge in [-0.3, -0.25) is 9.13 Å². The highest BCUT2D eigenvalue weighted by atomic mass is 28.4. The van der Waals surface area contributed by atoms with Crippen LogP contribution < -0.4 is 0 Å². The predicted molar refractivity (Wildman–Crippen MR) is 89.0 cm³/mol. The van der Waals surface area contributed by atoms with Crippen LogP contribution in [0.5, 0.6) is 0 Å². The molecule has 2 aliphatic rings. The Morgan fingerprint density at radius 2 is 1.10 bits per heavy atom. The van der Waals surface area contributed by atoms with Crippen molar-refractivity contribution in [2.24, 2.45) is 0 Å². The molecule has 0 aromatic heterocycles. The van der Waals surface area contributed by atoms with Gasteiger partial charge in [0.15, 0.2) is 0 Å². The molecule has 124 valence electrons. The van der Waals surface area contributed by atoms with Crippen molar-refractivity contribution in [2.45, 2.75) is 77.3 Å². The van der Waals surface area contributed by atoms with Gasteiger partial charge in [-0.1, -0.05) is 39.5 Å². The molecule has 4 nitrogen and oxygen atoms in total.